The van der Waals surface area contributed by atoms with Crippen molar-refractivity contribution < 1.29 is 33.4 Å². The molecule has 2 amide bonds. The van der Waals surface area contributed by atoms with Gasteiger partial charge in [-0.3, -0.25) is 19.7 Å². The van der Waals surface area contributed by atoms with E-state index in [-0.39, 0.29) is 17.7 Å². The third-order valence-electron chi connectivity index (χ3n) is 7.55. The second kappa shape index (κ2) is 10.3. The number of amides is 2. The number of nitrogens with zero attached hydrogens (tertiary/aromatic N) is 1. The average Bonchev–Trinajstić information content (AvgIpc) is 3.45. The van der Waals surface area contributed by atoms with Crippen LogP contribution in [-0.4, -0.2) is 50.6 Å². The monoisotopic (exact) mass is 528 g/mol. The van der Waals surface area contributed by atoms with E-state index < -0.39 is 47.2 Å². The lowest BCUT2D eigenvalue weighted by Crippen LogP contribution is -2.58. The molecular formula is C30H28N2O7. The van der Waals surface area contributed by atoms with Gasteiger partial charge in [-0.2, -0.15) is 0 Å². The van der Waals surface area contributed by atoms with Gasteiger partial charge in [0.15, 0.2) is 0 Å². The minimum atomic E-state index is -1.55. The van der Waals surface area contributed by atoms with Crippen LogP contribution in [-0.2, 0) is 30.3 Å². The molecule has 4 atom stereocenters. The quantitative estimate of drug-likeness (QED) is 0.368. The number of anilines is 1. The molecule has 0 aliphatic carbocycles. The summed E-state index contributed by atoms with van der Waals surface area (Å²) in [6.45, 7) is 0. The van der Waals surface area contributed by atoms with Crippen LogP contribution in [0, 0.1) is 11.8 Å². The van der Waals surface area contributed by atoms with E-state index in [1.165, 1.54) is 26.4 Å². The molecule has 2 heterocycles. The summed E-state index contributed by atoms with van der Waals surface area (Å²) >= 11 is 0. The van der Waals surface area contributed by atoms with E-state index in [4.69, 9.17) is 14.2 Å². The van der Waals surface area contributed by atoms with Gasteiger partial charge in [-0.05, 0) is 35.4 Å². The van der Waals surface area contributed by atoms with Gasteiger partial charge in [0.25, 0.3) is 0 Å². The largest absolute Gasteiger partial charge is 0.497 e. The molecule has 0 bridgehead atoms. The fourth-order valence-electron chi connectivity index (χ4n) is 5.81. The fraction of sp³-hybridized carbons (Fsp3) is 0.267. The number of esters is 2. The number of ether oxygens (including phenoxy) is 3. The second-order valence-electron chi connectivity index (χ2n) is 9.54. The van der Waals surface area contributed by atoms with Crippen molar-refractivity contribution in [3.05, 3.63) is 95.6 Å². The van der Waals surface area contributed by atoms with E-state index in [0.717, 1.165) is 10.5 Å². The normalized spacial score (nSPS) is 23.9. The summed E-state index contributed by atoms with van der Waals surface area (Å²) in [6.07, 6.45) is 0.111. The number of imide groups is 1. The van der Waals surface area contributed by atoms with Crippen LogP contribution in [0.2, 0.25) is 0 Å². The standard InChI is InChI=1S/C30H28N2O7/c1-37-20-15-13-19(14-16-20)25-23-24(30(31-25,29(36)39-3)17-18-9-5-4-6-10-18)27(34)32(26(23)33)22-12-8-7-11-21(22)28(35)38-2/h4-16,23-25,31H,17H2,1-3H3/t23-,24+,25+,30+/m1/s1. The zero-order valence-corrected chi connectivity index (χ0v) is 21.7. The van der Waals surface area contributed by atoms with Crippen molar-refractivity contribution in [2.24, 2.45) is 11.8 Å². The first-order chi connectivity index (χ1) is 18.9. The predicted molar refractivity (Wildman–Crippen MR) is 141 cm³/mol. The lowest BCUT2D eigenvalue weighted by atomic mass is 9.76. The molecule has 2 aliphatic rings. The molecule has 39 heavy (non-hydrogen) atoms. The number of hydrogen-bond donors (Lipinski definition) is 1. The van der Waals surface area contributed by atoms with Gasteiger partial charge in [0, 0.05) is 12.5 Å². The summed E-state index contributed by atoms with van der Waals surface area (Å²) in [7, 11) is 4.04. The highest BCUT2D eigenvalue weighted by Gasteiger charge is 2.69. The summed E-state index contributed by atoms with van der Waals surface area (Å²) in [5, 5.41) is 3.37. The van der Waals surface area contributed by atoms with Crippen LogP contribution >= 0.6 is 0 Å². The lowest BCUT2D eigenvalue weighted by Gasteiger charge is -2.33. The summed E-state index contributed by atoms with van der Waals surface area (Å²) < 4.78 is 15.5. The van der Waals surface area contributed by atoms with Crippen molar-refractivity contribution in [3.63, 3.8) is 0 Å². The molecule has 0 unspecified atom stereocenters. The number of fused-ring (bicyclic) bond motifs is 1. The summed E-state index contributed by atoms with van der Waals surface area (Å²) in [5.41, 5.74) is 0.128. The zero-order chi connectivity index (χ0) is 27.7. The van der Waals surface area contributed by atoms with Gasteiger partial charge >= 0.3 is 11.9 Å². The van der Waals surface area contributed by atoms with Crippen molar-refractivity contribution in [1.29, 1.82) is 0 Å². The van der Waals surface area contributed by atoms with Gasteiger partial charge < -0.3 is 14.2 Å². The molecule has 1 N–H and O–H groups in total. The van der Waals surface area contributed by atoms with Gasteiger partial charge in [0.2, 0.25) is 11.8 Å². The number of hydrogen-bond acceptors (Lipinski definition) is 8. The SMILES string of the molecule is COC(=O)c1ccccc1N1C(=O)[C@@H]2[C@@H](C1=O)[C@@](Cc1ccccc1)(C(=O)OC)N[C@H]2c1ccc(OC)cc1. The third kappa shape index (κ3) is 4.24. The van der Waals surface area contributed by atoms with E-state index in [9.17, 15) is 19.2 Å². The predicted octanol–water partition coefficient (Wildman–Crippen LogP) is 3.09. The Morgan fingerprint density at radius 1 is 0.846 bits per heavy atom. The highest BCUT2D eigenvalue weighted by Crippen LogP contribution is 2.51. The molecule has 200 valence electrons. The summed E-state index contributed by atoms with van der Waals surface area (Å²) in [6, 6.07) is 21.9. The van der Waals surface area contributed by atoms with Crippen molar-refractivity contribution in [2.75, 3.05) is 26.2 Å². The summed E-state index contributed by atoms with van der Waals surface area (Å²) in [5.74, 6) is -3.87. The van der Waals surface area contributed by atoms with Gasteiger partial charge in [-0.25, -0.2) is 9.69 Å². The van der Waals surface area contributed by atoms with Crippen LogP contribution < -0.4 is 15.0 Å². The number of nitrogens with one attached hydrogen (secondary N) is 1. The molecule has 5 rings (SSSR count). The van der Waals surface area contributed by atoms with E-state index >= 15 is 0 Å². The Hall–Kier alpha value is -4.50. The Bertz CT molecular complexity index is 1420. The van der Waals surface area contributed by atoms with Crippen LogP contribution in [0.25, 0.3) is 0 Å². The molecule has 2 aliphatic heterocycles. The second-order valence-corrected chi connectivity index (χ2v) is 9.54. The number of benzene rings is 3. The number of rotatable bonds is 7. The van der Waals surface area contributed by atoms with E-state index in [1.807, 2.05) is 30.3 Å². The first-order valence-electron chi connectivity index (χ1n) is 12.5. The minimum absolute atomic E-state index is 0.0716. The average molecular weight is 529 g/mol. The van der Waals surface area contributed by atoms with Crippen molar-refractivity contribution in [1.82, 2.24) is 5.32 Å². The smallest absolute Gasteiger partial charge is 0.339 e. The van der Waals surface area contributed by atoms with E-state index in [2.05, 4.69) is 5.32 Å². The van der Waals surface area contributed by atoms with Crippen LogP contribution in [0.1, 0.15) is 27.5 Å². The molecule has 2 fully saturated rings. The molecule has 9 nitrogen and oxygen atoms in total. The molecular weight excluding hydrogens is 500 g/mol. The highest BCUT2D eigenvalue weighted by molar-refractivity contribution is 6.25. The Labute approximate surface area is 225 Å². The minimum Gasteiger partial charge on any atom is -0.497 e. The topological polar surface area (TPSA) is 111 Å². The maximum absolute atomic E-state index is 14.2. The van der Waals surface area contributed by atoms with Gasteiger partial charge in [-0.15, -0.1) is 0 Å². The van der Waals surface area contributed by atoms with Gasteiger partial charge in [0.05, 0.1) is 44.4 Å². The Morgan fingerprint density at radius 2 is 1.51 bits per heavy atom. The van der Waals surface area contributed by atoms with E-state index in [1.54, 1.807) is 43.5 Å². The van der Waals surface area contributed by atoms with Gasteiger partial charge in [-0.1, -0.05) is 54.6 Å². The molecule has 3 aromatic carbocycles. The summed E-state index contributed by atoms with van der Waals surface area (Å²) in [4.78, 5) is 55.6. The third-order valence-corrected chi connectivity index (χ3v) is 7.55. The Balaban J connectivity index is 1.68. The zero-order valence-electron chi connectivity index (χ0n) is 21.7. The molecule has 3 aromatic rings. The molecule has 0 aromatic heterocycles. The van der Waals surface area contributed by atoms with Gasteiger partial charge in [0.1, 0.15) is 11.3 Å². The van der Waals surface area contributed by atoms with Crippen molar-refractivity contribution >= 4 is 29.4 Å². The van der Waals surface area contributed by atoms with Crippen LogP contribution in [0.4, 0.5) is 5.69 Å². The van der Waals surface area contributed by atoms with E-state index in [0.29, 0.717) is 11.3 Å². The molecule has 9 heteroatoms. The molecule has 2 saturated heterocycles. The van der Waals surface area contributed by atoms with Crippen molar-refractivity contribution in [3.8, 4) is 5.75 Å². The van der Waals surface area contributed by atoms with Crippen molar-refractivity contribution in [2.45, 2.75) is 18.0 Å². The van der Waals surface area contributed by atoms with Crippen LogP contribution in [0.15, 0.2) is 78.9 Å². The number of carbonyl (C=O) groups excluding carboxylic acids is 4. The highest BCUT2D eigenvalue weighted by atomic mass is 16.5. The first-order valence-corrected chi connectivity index (χ1v) is 12.5. The Kier molecular flexibility index (Phi) is 6.93. The fourth-order valence-corrected chi connectivity index (χ4v) is 5.81. The first kappa shape index (κ1) is 26.1. The molecule has 0 radical (unpaired) electrons. The maximum atomic E-state index is 14.2. The van der Waals surface area contributed by atoms with Crippen LogP contribution in [0.5, 0.6) is 5.75 Å². The number of methoxy groups -OCH3 is 3. The number of carbonyl (C=O) groups is 4. The molecule has 0 saturated carbocycles. The maximum Gasteiger partial charge on any atom is 0.339 e. The van der Waals surface area contributed by atoms with Crippen LogP contribution in [0.3, 0.4) is 0 Å². The lowest BCUT2D eigenvalue weighted by molar-refractivity contribution is -0.152. The Morgan fingerprint density at radius 3 is 2.15 bits per heavy atom. The molecule has 0 spiro atoms. The number of para-hydroxylation sites is 1.